The Balaban J connectivity index is 0. The van der Waals surface area contributed by atoms with Gasteiger partial charge in [-0.3, -0.25) is 24.1 Å². The number of quaternary nitrogens is 1. The molecule has 232 valence electrons. The minimum Gasteiger partial charge on any atom is -0.633 e. The number of amides is 3. The number of hydrogen-bond donors (Lipinski definition) is 2. The summed E-state index contributed by atoms with van der Waals surface area (Å²) in [5.41, 5.74) is 5.26. The number of carbonyl (C=O) groups is 4. The van der Waals surface area contributed by atoms with Gasteiger partial charge in [0.25, 0.3) is 0 Å². The van der Waals surface area contributed by atoms with Gasteiger partial charge in [-0.1, -0.05) is 13.8 Å². The number of hydroxylamine groups is 3. The molecule has 0 aromatic heterocycles. The molecule has 0 aliphatic carbocycles. The molecule has 1 saturated heterocycles. The van der Waals surface area contributed by atoms with Crippen molar-refractivity contribution in [2.45, 2.75) is 39.5 Å². The number of nitrogens with two attached hydrogens (primary N) is 1. The van der Waals surface area contributed by atoms with Crippen LogP contribution >= 0.6 is 0 Å². The van der Waals surface area contributed by atoms with Crippen LogP contribution in [0.2, 0.25) is 0 Å². The fourth-order valence-electron chi connectivity index (χ4n) is 2.89. The molecule has 1 atom stereocenters. The Kier molecular flexibility index (Phi) is 25.0. The van der Waals surface area contributed by atoms with Gasteiger partial charge in [-0.25, -0.2) is 0 Å². The van der Waals surface area contributed by atoms with E-state index in [2.05, 4.69) is 5.32 Å². The van der Waals surface area contributed by atoms with Gasteiger partial charge < -0.3 is 39.9 Å². The Hall–Kier alpha value is -1.31. The molecule has 0 aromatic rings. The Bertz CT molecular complexity index is 677. The summed E-state index contributed by atoms with van der Waals surface area (Å²) >= 11 is 0. The van der Waals surface area contributed by atoms with Gasteiger partial charge in [0, 0.05) is 65.9 Å². The van der Waals surface area contributed by atoms with Crippen molar-refractivity contribution in [2.75, 3.05) is 93.1 Å². The van der Waals surface area contributed by atoms with E-state index in [1.165, 1.54) is 0 Å². The van der Waals surface area contributed by atoms with Crippen molar-refractivity contribution >= 4 is 23.5 Å². The Morgan fingerprint density at radius 3 is 2.05 bits per heavy atom. The summed E-state index contributed by atoms with van der Waals surface area (Å²) in [4.78, 5) is 46.7. The molecule has 39 heavy (non-hydrogen) atoms. The largest absolute Gasteiger partial charge is 0.633 e. The van der Waals surface area contributed by atoms with Crippen molar-refractivity contribution in [3.8, 4) is 0 Å². The zero-order chi connectivity index (χ0) is 28.8. The molecular weight excluding hydrogens is 695 g/mol. The second-order valence-electron chi connectivity index (χ2n) is 9.29. The number of likely N-dealkylation sites (tertiary alicyclic amines) is 1. The van der Waals surface area contributed by atoms with Crippen molar-refractivity contribution in [3.63, 3.8) is 0 Å². The van der Waals surface area contributed by atoms with Crippen LogP contribution in [-0.2, 0) is 59.2 Å². The normalized spacial score (nSPS) is 13.9. The van der Waals surface area contributed by atoms with Crippen molar-refractivity contribution in [1.82, 2.24) is 10.2 Å². The SMILES string of the molecule is CCC(C)C(=O)COCCOCC[N+](C)(C)[O-].NCCOCCOCCNC(=O)CCN1C(=O)CCC1=O.[Pt]. The van der Waals surface area contributed by atoms with Crippen molar-refractivity contribution in [1.29, 1.82) is 0 Å². The quantitative estimate of drug-likeness (QED) is 0.0698. The molecule has 3 amide bonds. The first kappa shape index (κ1) is 39.8. The van der Waals surface area contributed by atoms with Gasteiger partial charge in [-0.05, 0) is 6.42 Å². The smallest absolute Gasteiger partial charge is 0.229 e. The van der Waals surface area contributed by atoms with E-state index in [0.29, 0.717) is 65.9 Å². The zero-order valence-corrected chi connectivity index (χ0v) is 26.1. The van der Waals surface area contributed by atoms with Gasteiger partial charge >= 0.3 is 0 Å². The molecule has 0 saturated carbocycles. The maximum Gasteiger partial charge on any atom is 0.229 e. The van der Waals surface area contributed by atoms with Gasteiger partial charge in [-0.2, -0.15) is 0 Å². The summed E-state index contributed by atoms with van der Waals surface area (Å²) in [6.07, 6.45) is 1.47. The van der Waals surface area contributed by atoms with E-state index in [-0.39, 0.29) is 87.5 Å². The maximum absolute atomic E-state index is 11.5. The van der Waals surface area contributed by atoms with Crippen LogP contribution in [-0.4, -0.2) is 126 Å². The van der Waals surface area contributed by atoms with E-state index >= 15 is 0 Å². The average Bonchev–Trinajstić information content (AvgIpc) is 3.19. The number of carbonyl (C=O) groups excluding carboxylic acids is 4. The van der Waals surface area contributed by atoms with Crippen LogP contribution in [0.15, 0.2) is 0 Å². The van der Waals surface area contributed by atoms with E-state index in [1.54, 1.807) is 14.1 Å². The standard InChI is InChI=1S/C13H23N3O5.C12H25NO4.Pt/c14-4-7-20-9-10-21-8-5-15-11(17)3-6-16-12(18)1-2-13(16)19;1-5-11(2)12(14)10-17-9-8-16-7-6-13(3,4)15;/h1-10,14H2,(H,15,17);11H,5-10H2,1-4H3;. The van der Waals surface area contributed by atoms with Crippen molar-refractivity contribution < 1.29 is 63.8 Å². The van der Waals surface area contributed by atoms with Crippen LogP contribution in [0, 0.1) is 11.1 Å². The van der Waals surface area contributed by atoms with E-state index in [1.807, 2.05) is 13.8 Å². The van der Waals surface area contributed by atoms with Gasteiger partial charge in [0.1, 0.15) is 13.2 Å². The monoisotopic (exact) mass is 743 g/mol. The second-order valence-corrected chi connectivity index (χ2v) is 9.29. The van der Waals surface area contributed by atoms with Crippen LogP contribution in [0.5, 0.6) is 0 Å². The molecule has 1 unspecified atom stereocenters. The molecule has 0 aromatic carbocycles. The molecule has 13 nitrogen and oxygen atoms in total. The van der Waals surface area contributed by atoms with E-state index < -0.39 is 0 Å². The summed E-state index contributed by atoms with van der Waals surface area (Å²) in [6, 6.07) is 0. The van der Waals surface area contributed by atoms with Gasteiger partial charge in [-0.15, -0.1) is 0 Å². The van der Waals surface area contributed by atoms with E-state index in [9.17, 15) is 24.4 Å². The van der Waals surface area contributed by atoms with Crippen molar-refractivity contribution in [3.05, 3.63) is 5.21 Å². The number of imide groups is 1. The summed E-state index contributed by atoms with van der Waals surface area (Å²) in [6.45, 7) is 8.54. The molecule has 0 spiro atoms. The van der Waals surface area contributed by atoms with Crippen molar-refractivity contribution in [2.24, 2.45) is 11.7 Å². The predicted octanol–water partition coefficient (Wildman–Crippen LogP) is -0.160. The third kappa shape index (κ3) is 23.1. The maximum atomic E-state index is 11.5. The predicted molar refractivity (Wildman–Crippen MR) is 141 cm³/mol. The molecule has 0 radical (unpaired) electrons. The molecule has 14 heteroatoms. The van der Waals surface area contributed by atoms with Gasteiger partial charge in [0.05, 0.1) is 60.3 Å². The minimum absolute atomic E-state index is 0. The van der Waals surface area contributed by atoms with Crippen LogP contribution < -0.4 is 11.1 Å². The molecule has 1 fully saturated rings. The van der Waals surface area contributed by atoms with Crippen LogP contribution in [0.25, 0.3) is 0 Å². The summed E-state index contributed by atoms with van der Waals surface area (Å²) < 4.78 is 20.4. The first-order chi connectivity index (χ1) is 18.0. The molecule has 1 aliphatic rings. The number of nitrogens with zero attached hydrogens (tertiary/aromatic N) is 2. The summed E-state index contributed by atoms with van der Waals surface area (Å²) in [5, 5.41) is 13.8. The number of likely N-dealkylation sites (N-methyl/N-ethyl adjacent to an activating group) is 1. The Morgan fingerprint density at radius 1 is 0.974 bits per heavy atom. The zero-order valence-electron chi connectivity index (χ0n) is 23.9. The van der Waals surface area contributed by atoms with E-state index in [4.69, 9.17) is 24.7 Å². The molecule has 1 heterocycles. The first-order valence-electron chi connectivity index (χ1n) is 13.2. The number of rotatable bonds is 21. The van der Waals surface area contributed by atoms with Crippen LogP contribution in [0.3, 0.4) is 0 Å². The average molecular weight is 744 g/mol. The molecule has 3 N–H and O–H groups in total. The van der Waals surface area contributed by atoms with E-state index in [0.717, 1.165) is 11.3 Å². The molecule has 1 rings (SSSR count). The number of hydrogen-bond acceptors (Lipinski definition) is 10. The molecule has 1 aliphatic heterocycles. The fourth-order valence-corrected chi connectivity index (χ4v) is 2.89. The van der Waals surface area contributed by atoms with Gasteiger partial charge in [0.2, 0.25) is 17.7 Å². The fraction of sp³-hybridized carbons (Fsp3) is 0.840. The third-order valence-electron chi connectivity index (χ3n) is 5.47. The first-order valence-corrected chi connectivity index (χ1v) is 13.2. The van der Waals surface area contributed by atoms with Crippen LogP contribution in [0.1, 0.15) is 39.5 Å². The summed E-state index contributed by atoms with van der Waals surface area (Å²) in [7, 11) is 3.15. The van der Waals surface area contributed by atoms with Crippen LogP contribution in [0.4, 0.5) is 0 Å². The number of nitrogens with one attached hydrogen (secondary N) is 1. The Morgan fingerprint density at radius 2 is 1.51 bits per heavy atom. The minimum atomic E-state index is -0.354. The van der Waals surface area contributed by atoms with Gasteiger partial charge in [0.15, 0.2) is 5.78 Å². The molecular formula is C25H48N4O9Pt. The number of ketones is 1. The molecule has 0 bridgehead atoms. The topological polar surface area (TPSA) is 170 Å². The number of Topliss-reactive ketones (excluding diaryl/α,β-unsaturated/α-hetero) is 1. The Labute approximate surface area is 246 Å². The summed E-state index contributed by atoms with van der Waals surface area (Å²) in [5.74, 6) is -0.410. The second kappa shape index (κ2) is 24.5. The number of ether oxygens (including phenoxy) is 4. The third-order valence-corrected chi connectivity index (χ3v) is 5.47.